The molecule has 2 aromatic rings. The zero-order valence-corrected chi connectivity index (χ0v) is 53.7. The van der Waals surface area contributed by atoms with Gasteiger partial charge in [0.15, 0.2) is 5.78 Å². The summed E-state index contributed by atoms with van der Waals surface area (Å²) < 4.78 is 35.9. The number of allylic oxidation sites excluding steroid dienone is 3. The Hall–Kier alpha value is -5.87. The maximum absolute atomic E-state index is 14.5. The highest BCUT2D eigenvalue weighted by atomic mass is 79.9. The van der Waals surface area contributed by atoms with E-state index in [9.17, 15) is 43.5 Å². The summed E-state index contributed by atoms with van der Waals surface area (Å²) in [5.41, 5.74) is 4.46. The number of carbonyl (C=O) groups is 8. The van der Waals surface area contributed by atoms with Gasteiger partial charge in [0.25, 0.3) is 0 Å². The van der Waals surface area contributed by atoms with Gasteiger partial charge in [0.1, 0.15) is 51.7 Å². The molecule has 3 aliphatic heterocycles. The highest BCUT2D eigenvalue weighted by Crippen LogP contribution is 2.50. The number of ketones is 2. The van der Waals surface area contributed by atoms with Crippen LogP contribution in [-0.4, -0.2) is 128 Å². The number of carbonyl (C=O) groups excluding carboxylic acids is 8. The number of Topliss-reactive ketones (excluding diaryl/α,β-unsaturated/α-hetero) is 2. The number of hydrogen-bond acceptors (Lipinski definition) is 15. The minimum Gasteiger partial charge on any atom is -0.495 e. The summed E-state index contributed by atoms with van der Waals surface area (Å²) in [5, 5.41) is 20.4. The summed E-state index contributed by atoms with van der Waals surface area (Å²) in [6.07, 6.45) is 4.05. The summed E-state index contributed by atoms with van der Waals surface area (Å²) in [4.78, 5) is 109. The molecule has 0 unspecified atom stereocenters. The summed E-state index contributed by atoms with van der Waals surface area (Å²) in [7, 11) is 4.48. The van der Waals surface area contributed by atoms with Gasteiger partial charge >= 0.3 is 24.1 Å². The normalized spacial score (nSPS) is 24.4. The van der Waals surface area contributed by atoms with Crippen molar-refractivity contribution in [2.75, 3.05) is 38.0 Å². The number of nitrogens with one attached hydrogen (secondary N) is 3. The molecule has 0 aromatic heterocycles. The third-order valence-corrected chi connectivity index (χ3v) is 17.6. The van der Waals surface area contributed by atoms with Gasteiger partial charge in [0.05, 0.1) is 49.4 Å². The molecule has 2 fully saturated rings. The summed E-state index contributed by atoms with van der Waals surface area (Å²) in [6, 6.07) is 6.64. The largest absolute Gasteiger partial charge is 0.495 e. The van der Waals surface area contributed by atoms with Gasteiger partial charge in [-0.25, -0.2) is 9.59 Å². The molecule has 0 radical (unpaired) electrons. The molecular weight excluding hydrogens is 1180 g/mol. The molecule has 5 rings (SSSR count). The molecule has 470 valence electrons. The van der Waals surface area contributed by atoms with E-state index < -0.39 is 89.0 Å². The van der Waals surface area contributed by atoms with E-state index in [0.29, 0.717) is 66.4 Å². The number of benzene rings is 2. The number of aliphatic hydroxyl groups is 1. The number of anilines is 2. The van der Waals surface area contributed by atoms with Crippen LogP contribution in [0.3, 0.4) is 0 Å². The fourth-order valence-corrected chi connectivity index (χ4v) is 12.1. The number of amides is 5. The van der Waals surface area contributed by atoms with E-state index in [1.54, 1.807) is 63.4 Å². The lowest BCUT2D eigenvalue weighted by atomic mass is 9.78. The third-order valence-electron chi connectivity index (χ3n) is 16.5. The molecule has 6 N–H and O–H groups in total. The number of methoxy groups -OCH3 is 2. The van der Waals surface area contributed by atoms with Gasteiger partial charge in [-0.2, -0.15) is 0 Å². The van der Waals surface area contributed by atoms with Gasteiger partial charge in [-0.3, -0.25) is 34.1 Å². The van der Waals surface area contributed by atoms with E-state index in [4.69, 9.17) is 45.8 Å². The quantitative estimate of drug-likeness (QED) is 0.0268. The Bertz CT molecular complexity index is 2800. The molecule has 0 aliphatic carbocycles. The first kappa shape index (κ1) is 69.9. The molecule has 22 heteroatoms. The number of rotatable bonds is 25. The molecule has 4 bridgehead atoms. The molecule has 20 nitrogen and oxygen atoms in total. The Kier molecular flexibility index (Phi) is 25.6. The van der Waals surface area contributed by atoms with Gasteiger partial charge in [0, 0.05) is 62.7 Å². The molecule has 3 heterocycles. The Labute approximate surface area is 513 Å². The van der Waals surface area contributed by atoms with Crippen molar-refractivity contribution in [3.8, 4) is 5.75 Å². The third kappa shape index (κ3) is 19.6. The molecule has 3 aliphatic rings. The van der Waals surface area contributed by atoms with E-state index in [1.165, 1.54) is 19.1 Å². The van der Waals surface area contributed by atoms with E-state index in [1.807, 2.05) is 54.5 Å². The topological polar surface area (TPSA) is 281 Å². The van der Waals surface area contributed by atoms with Crippen LogP contribution in [0.5, 0.6) is 5.75 Å². The molecular formula is C63H89BrClN5O15. The minimum atomic E-state index is -1.64. The van der Waals surface area contributed by atoms with Crippen molar-refractivity contribution in [2.24, 2.45) is 29.4 Å². The smallest absolute Gasteiger partial charge is 0.412 e. The number of nitrogens with zero attached hydrogens (tertiary/aromatic N) is 1. The number of epoxide rings is 1. The highest BCUT2D eigenvalue weighted by molar-refractivity contribution is 9.10. The number of ether oxygens (including phenoxy) is 6. The Balaban J connectivity index is 1.32. The van der Waals surface area contributed by atoms with Crippen LogP contribution in [-0.2, 0) is 65.3 Å². The van der Waals surface area contributed by atoms with Crippen molar-refractivity contribution in [2.45, 2.75) is 199 Å². The Morgan fingerprint density at radius 2 is 1.74 bits per heavy atom. The maximum atomic E-state index is 14.5. The highest BCUT2D eigenvalue weighted by Gasteiger charge is 2.64. The van der Waals surface area contributed by atoms with Crippen LogP contribution in [0, 0.1) is 23.7 Å². The Morgan fingerprint density at radius 3 is 2.38 bits per heavy atom. The van der Waals surface area contributed by atoms with Crippen molar-refractivity contribution in [1.29, 1.82) is 0 Å². The first-order valence-corrected chi connectivity index (χ1v) is 30.6. The SMILES string of the molecule is CCC(CC)C(=O)OC(C)(C)CCCCC(=O)C[C@H](C(=O)N[C@@H](CCCNC(N)=O)C(=O)Cc1ccc(NC(=O)O[C@H]2CC(=O)N(C)c3cc(cc(OC)c3Cl)C/C(C)=C/C=C/[C@@H](OC)[C@]3(O)CC(=O)O[C@@H](C3)[C@@H](C)[C@@H]3O[C@@]23C)c(Br)c1)C(C)C. The second-order valence-electron chi connectivity index (χ2n) is 24.1. The molecule has 0 saturated carbocycles. The molecule has 9 atom stereocenters. The number of urea groups is 1. The average Bonchev–Trinajstić information content (AvgIpc) is 1.65. The maximum Gasteiger partial charge on any atom is 0.412 e. The van der Waals surface area contributed by atoms with Crippen molar-refractivity contribution < 1.29 is 71.9 Å². The first-order valence-electron chi connectivity index (χ1n) is 29.4. The van der Waals surface area contributed by atoms with Gasteiger partial charge in [-0.1, -0.05) is 76.1 Å². The Morgan fingerprint density at radius 1 is 1.04 bits per heavy atom. The number of esters is 2. The second-order valence-corrected chi connectivity index (χ2v) is 25.3. The van der Waals surface area contributed by atoms with Crippen LogP contribution < -0.4 is 31.3 Å². The first-order chi connectivity index (χ1) is 40.0. The molecule has 0 spiro atoms. The van der Waals surface area contributed by atoms with Crippen molar-refractivity contribution >= 4 is 86.3 Å². The van der Waals surface area contributed by atoms with Gasteiger partial charge in [-0.05, 0) is 136 Å². The average molecular weight is 1270 g/mol. The van der Waals surface area contributed by atoms with E-state index >= 15 is 0 Å². The zero-order valence-electron chi connectivity index (χ0n) is 51.4. The van der Waals surface area contributed by atoms with Crippen LogP contribution in [0.25, 0.3) is 0 Å². The number of nitrogens with two attached hydrogens (primary N) is 1. The predicted octanol–water partition coefficient (Wildman–Crippen LogP) is 9.98. The van der Waals surface area contributed by atoms with Crippen LogP contribution in [0.1, 0.15) is 150 Å². The monoisotopic (exact) mass is 1270 g/mol. The predicted molar refractivity (Wildman–Crippen MR) is 326 cm³/mol. The molecule has 2 aromatic carbocycles. The van der Waals surface area contributed by atoms with E-state index in [-0.39, 0.29) is 91.6 Å². The minimum absolute atomic E-state index is 0.00187. The summed E-state index contributed by atoms with van der Waals surface area (Å²) in [5.74, 6) is -3.60. The van der Waals surface area contributed by atoms with Crippen LogP contribution in [0.2, 0.25) is 5.02 Å². The number of halogens is 2. The molecule has 2 saturated heterocycles. The van der Waals surface area contributed by atoms with E-state index in [2.05, 4.69) is 31.9 Å². The van der Waals surface area contributed by atoms with Crippen molar-refractivity contribution in [3.63, 3.8) is 0 Å². The van der Waals surface area contributed by atoms with Crippen molar-refractivity contribution in [3.05, 3.63) is 74.8 Å². The zero-order chi connectivity index (χ0) is 63.1. The molecule has 5 amide bonds. The van der Waals surface area contributed by atoms with Gasteiger partial charge < -0.3 is 54.8 Å². The van der Waals surface area contributed by atoms with Gasteiger partial charge in [-0.15, -0.1) is 0 Å². The lowest BCUT2D eigenvalue weighted by Gasteiger charge is -2.41. The molecule has 85 heavy (non-hydrogen) atoms. The standard InChI is InChI=1S/C63H89BrClN5O15/c1-13-41(14-2)58(76)85-61(7,8)25-16-15-20-42(71)32-43(36(3)4)57(75)68-46(21-18-26-67-59(66)77)48(72)30-39-23-24-45(44(64)28-39)69-60(78)83-52-33-53(73)70(10)47-29-40(31-49(80-11)55(47)65)27-37(5)19-17-22-51(81-12)63(79)34-50(82-54(74)35-63)38(6)56-62(52,9)84-56/h17,19,22-24,28-29,31,36,38,41,43,46,50-52,56,79H,13-16,18,20-21,25-27,30,32-35H2,1-12H3,(H,68,75)(H,69,78)(H3,66,67,77)/b22-17+,37-19+/t38-,43+,46+,50+,51-,52+,56+,62+,63-/m1/s1. The van der Waals surface area contributed by atoms with Crippen molar-refractivity contribution in [1.82, 2.24) is 10.6 Å². The van der Waals surface area contributed by atoms with E-state index in [0.717, 1.165) is 11.1 Å². The van der Waals surface area contributed by atoms with Crippen LogP contribution >= 0.6 is 27.5 Å². The lowest BCUT2D eigenvalue weighted by molar-refractivity contribution is -0.187. The van der Waals surface area contributed by atoms with Gasteiger partial charge in [0.2, 0.25) is 11.8 Å². The van der Waals surface area contributed by atoms with Crippen LogP contribution in [0.4, 0.5) is 21.0 Å². The second kappa shape index (κ2) is 31.2. The fourth-order valence-electron chi connectivity index (χ4n) is 11.2. The number of fused-ring (bicyclic) bond motifs is 5. The number of primary amides is 1. The van der Waals surface area contributed by atoms with Crippen LogP contribution in [0.15, 0.2) is 58.6 Å². The lowest BCUT2D eigenvalue weighted by Crippen LogP contribution is -2.53. The summed E-state index contributed by atoms with van der Waals surface area (Å²) in [6.45, 7) is 16.9. The fraction of sp³-hybridized carbons (Fsp3) is 0.619. The number of hydrogen-bond donors (Lipinski definition) is 5. The summed E-state index contributed by atoms with van der Waals surface area (Å²) >= 11 is 10.4. The number of unbranched alkanes of at least 4 members (excludes halogenated alkanes) is 1.